The smallest absolute Gasteiger partial charge is 0.207 e. The maximum absolute atomic E-state index is 8.55. The quantitative estimate of drug-likeness (QED) is 0.557. The molecule has 2 heterocycles. The molecule has 0 atom stereocenters. The predicted octanol–water partition coefficient (Wildman–Crippen LogP) is 0.0273. The van der Waals surface area contributed by atoms with Crippen LogP contribution in [0.3, 0.4) is 0 Å². The highest BCUT2D eigenvalue weighted by Crippen LogP contribution is 2.05. The molecule has 0 saturated heterocycles. The Morgan fingerprint density at radius 2 is 2.38 bits per heavy atom. The molecule has 0 fully saturated rings. The van der Waals surface area contributed by atoms with Gasteiger partial charge in [0.25, 0.3) is 0 Å². The highest BCUT2D eigenvalue weighted by atomic mass is 15.3. The second-order valence-electron chi connectivity index (χ2n) is 3.51. The lowest BCUT2D eigenvalue weighted by molar-refractivity contribution is 0.436. The van der Waals surface area contributed by atoms with Gasteiger partial charge >= 0.3 is 0 Å². The van der Waals surface area contributed by atoms with Crippen LogP contribution in [0.5, 0.6) is 0 Å². The van der Waals surface area contributed by atoms with Gasteiger partial charge in [-0.2, -0.15) is 5.26 Å². The molecule has 6 nitrogen and oxygen atoms in total. The molecule has 0 saturated carbocycles. The van der Waals surface area contributed by atoms with Crippen molar-refractivity contribution in [2.75, 3.05) is 13.1 Å². The Morgan fingerprint density at radius 1 is 1.50 bits per heavy atom. The van der Waals surface area contributed by atoms with Crippen LogP contribution in [0.2, 0.25) is 0 Å². The lowest BCUT2D eigenvalue weighted by atomic mass is 10.4. The number of guanidine groups is 1. The second kappa shape index (κ2) is 4.57. The van der Waals surface area contributed by atoms with Crippen LogP contribution in [-0.2, 0) is 6.54 Å². The normalized spacial score (nSPS) is 14.5. The average Bonchev–Trinajstić information content (AvgIpc) is 2.70. The molecule has 6 heteroatoms. The number of hydrogen-bond donors (Lipinski definition) is 1. The van der Waals surface area contributed by atoms with Gasteiger partial charge in [-0.1, -0.05) is 0 Å². The zero-order chi connectivity index (χ0) is 11.4. The monoisotopic (exact) mass is 216 g/mol. The van der Waals surface area contributed by atoms with Gasteiger partial charge in [-0.3, -0.25) is 20.3 Å². The van der Waals surface area contributed by atoms with Gasteiger partial charge in [0.05, 0.1) is 30.7 Å². The third-order valence-electron chi connectivity index (χ3n) is 2.29. The Kier molecular flexibility index (Phi) is 2.96. The van der Waals surface area contributed by atoms with Gasteiger partial charge in [-0.15, -0.1) is 0 Å². The molecule has 2 rings (SSSR count). The average molecular weight is 216 g/mol. The van der Waals surface area contributed by atoms with Gasteiger partial charge in [0, 0.05) is 12.7 Å². The summed E-state index contributed by atoms with van der Waals surface area (Å²) in [5.74, 6) is 0.616. The SMILES string of the molecule is Cc1cnc(CN2CCN=C2NC#N)cn1. The molecule has 1 aromatic rings. The summed E-state index contributed by atoms with van der Waals surface area (Å²) in [6.07, 6.45) is 5.36. The lowest BCUT2D eigenvalue weighted by Crippen LogP contribution is -2.35. The highest BCUT2D eigenvalue weighted by Gasteiger charge is 2.17. The largest absolute Gasteiger partial charge is 0.334 e. The second-order valence-corrected chi connectivity index (χ2v) is 3.51. The number of nitrogens with one attached hydrogen (secondary N) is 1. The maximum Gasteiger partial charge on any atom is 0.207 e. The lowest BCUT2D eigenvalue weighted by Gasteiger charge is -2.17. The number of aromatic nitrogens is 2. The fourth-order valence-electron chi connectivity index (χ4n) is 1.50. The standard InChI is InChI=1S/C10H12N6/c1-8-4-14-9(5-13-8)6-16-3-2-12-10(16)15-7-11/h4-5H,2-3,6H2,1H3,(H,12,15). The molecule has 16 heavy (non-hydrogen) atoms. The van der Waals surface area contributed by atoms with Gasteiger partial charge in [0.1, 0.15) is 0 Å². The van der Waals surface area contributed by atoms with E-state index in [9.17, 15) is 0 Å². The first-order valence-electron chi connectivity index (χ1n) is 5.01. The predicted molar refractivity (Wildman–Crippen MR) is 58.2 cm³/mol. The fraction of sp³-hybridized carbons (Fsp3) is 0.400. The summed E-state index contributed by atoms with van der Waals surface area (Å²) in [6.45, 7) is 4.04. The van der Waals surface area contributed by atoms with Crippen LogP contribution in [0.15, 0.2) is 17.4 Å². The summed E-state index contributed by atoms with van der Waals surface area (Å²) in [4.78, 5) is 14.6. The molecule has 1 aromatic heterocycles. The van der Waals surface area contributed by atoms with Crippen LogP contribution in [0.4, 0.5) is 0 Å². The topological polar surface area (TPSA) is 77.2 Å². The summed E-state index contributed by atoms with van der Waals surface area (Å²) < 4.78 is 0. The molecular formula is C10H12N6. The minimum Gasteiger partial charge on any atom is -0.334 e. The molecule has 0 amide bonds. The van der Waals surface area contributed by atoms with Crippen molar-refractivity contribution in [1.82, 2.24) is 20.2 Å². The van der Waals surface area contributed by atoms with Crippen LogP contribution in [0, 0.1) is 18.4 Å². The number of nitrogens with zero attached hydrogens (tertiary/aromatic N) is 5. The van der Waals surface area contributed by atoms with E-state index in [2.05, 4.69) is 20.3 Å². The molecular weight excluding hydrogens is 204 g/mol. The van der Waals surface area contributed by atoms with Crippen molar-refractivity contribution in [1.29, 1.82) is 5.26 Å². The van der Waals surface area contributed by atoms with E-state index in [0.29, 0.717) is 19.0 Å². The van der Waals surface area contributed by atoms with Crippen molar-refractivity contribution < 1.29 is 0 Å². The Hall–Kier alpha value is -2.16. The van der Waals surface area contributed by atoms with Crippen molar-refractivity contribution in [3.05, 3.63) is 23.8 Å². The molecule has 1 N–H and O–H groups in total. The van der Waals surface area contributed by atoms with E-state index in [4.69, 9.17) is 5.26 Å². The first-order chi connectivity index (χ1) is 7.79. The molecule has 0 radical (unpaired) electrons. The molecule has 0 unspecified atom stereocenters. The first kappa shape index (κ1) is 10.4. The summed E-state index contributed by atoms with van der Waals surface area (Å²) in [6, 6.07) is 0. The number of aryl methyl sites for hydroxylation is 1. The van der Waals surface area contributed by atoms with E-state index in [0.717, 1.165) is 17.9 Å². The van der Waals surface area contributed by atoms with Crippen LogP contribution < -0.4 is 5.32 Å². The minimum absolute atomic E-state index is 0.616. The van der Waals surface area contributed by atoms with Crippen molar-refractivity contribution in [2.24, 2.45) is 4.99 Å². The Morgan fingerprint density at radius 3 is 3.06 bits per heavy atom. The molecule has 0 aromatic carbocycles. The van der Waals surface area contributed by atoms with Crippen molar-refractivity contribution >= 4 is 5.96 Å². The number of aliphatic imine (C=N–C) groups is 1. The van der Waals surface area contributed by atoms with E-state index in [1.165, 1.54) is 0 Å². The van der Waals surface area contributed by atoms with E-state index in [1.807, 2.05) is 18.0 Å². The van der Waals surface area contributed by atoms with Crippen molar-refractivity contribution in [2.45, 2.75) is 13.5 Å². The number of nitriles is 1. The molecule has 1 aliphatic heterocycles. The molecule has 0 aliphatic carbocycles. The molecule has 1 aliphatic rings. The summed E-state index contributed by atoms with van der Waals surface area (Å²) >= 11 is 0. The summed E-state index contributed by atoms with van der Waals surface area (Å²) in [5.41, 5.74) is 1.77. The third-order valence-corrected chi connectivity index (χ3v) is 2.29. The molecule has 0 spiro atoms. The zero-order valence-electron chi connectivity index (χ0n) is 9.01. The van der Waals surface area contributed by atoms with E-state index in [-0.39, 0.29) is 0 Å². The van der Waals surface area contributed by atoms with Gasteiger partial charge < -0.3 is 4.90 Å². The Labute approximate surface area is 93.7 Å². The zero-order valence-corrected chi connectivity index (χ0v) is 9.01. The fourth-order valence-corrected chi connectivity index (χ4v) is 1.50. The Bertz CT molecular complexity index is 430. The third kappa shape index (κ3) is 2.25. The van der Waals surface area contributed by atoms with Crippen LogP contribution in [0.25, 0.3) is 0 Å². The number of rotatable bonds is 2. The summed E-state index contributed by atoms with van der Waals surface area (Å²) in [7, 11) is 0. The van der Waals surface area contributed by atoms with Crippen molar-refractivity contribution in [3.63, 3.8) is 0 Å². The maximum atomic E-state index is 8.55. The van der Waals surface area contributed by atoms with Crippen LogP contribution in [0.1, 0.15) is 11.4 Å². The minimum atomic E-state index is 0.616. The van der Waals surface area contributed by atoms with Gasteiger partial charge in [-0.25, -0.2) is 0 Å². The molecule has 82 valence electrons. The van der Waals surface area contributed by atoms with Crippen LogP contribution >= 0.6 is 0 Å². The van der Waals surface area contributed by atoms with Gasteiger partial charge in [0.15, 0.2) is 6.19 Å². The number of hydrogen-bond acceptors (Lipinski definition) is 6. The van der Waals surface area contributed by atoms with E-state index >= 15 is 0 Å². The van der Waals surface area contributed by atoms with Gasteiger partial charge in [0.2, 0.25) is 5.96 Å². The molecule has 0 bridgehead atoms. The van der Waals surface area contributed by atoms with Crippen molar-refractivity contribution in [3.8, 4) is 6.19 Å². The Balaban J connectivity index is 2.02. The van der Waals surface area contributed by atoms with Crippen LogP contribution in [-0.4, -0.2) is 33.9 Å². The summed E-state index contributed by atoms with van der Waals surface area (Å²) in [5, 5.41) is 11.1. The van der Waals surface area contributed by atoms with E-state index < -0.39 is 0 Å². The van der Waals surface area contributed by atoms with E-state index in [1.54, 1.807) is 12.4 Å². The first-order valence-corrected chi connectivity index (χ1v) is 5.01. The van der Waals surface area contributed by atoms with Gasteiger partial charge in [-0.05, 0) is 6.92 Å². The highest BCUT2D eigenvalue weighted by molar-refractivity contribution is 5.82.